The van der Waals surface area contributed by atoms with Crippen LogP contribution in [-0.4, -0.2) is 41.3 Å². The molecule has 1 heterocycles. The van der Waals surface area contributed by atoms with E-state index in [2.05, 4.69) is 23.1 Å². The number of aliphatic hydroxyl groups excluding tert-OH is 1. The predicted octanol–water partition coefficient (Wildman–Crippen LogP) is -1.16. The van der Waals surface area contributed by atoms with Crippen molar-refractivity contribution in [1.82, 2.24) is 16.2 Å². The van der Waals surface area contributed by atoms with Crippen LogP contribution in [0.2, 0.25) is 0 Å². The Morgan fingerprint density at radius 2 is 2.17 bits per heavy atom. The normalized spacial score (nSPS) is 42.1. The SMILES string of the molecule is CC1NNC(C(N)=O)C1C(C)N[C@@H]1CCC[C@H]1O. The van der Waals surface area contributed by atoms with E-state index in [9.17, 15) is 9.90 Å². The lowest BCUT2D eigenvalue weighted by Gasteiger charge is -2.30. The second-order valence-electron chi connectivity index (χ2n) is 5.59. The van der Waals surface area contributed by atoms with Crippen molar-refractivity contribution in [1.29, 1.82) is 0 Å². The van der Waals surface area contributed by atoms with Gasteiger partial charge in [0.15, 0.2) is 0 Å². The second-order valence-corrected chi connectivity index (χ2v) is 5.59. The number of primary amides is 1. The van der Waals surface area contributed by atoms with Crippen LogP contribution in [0.3, 0.4) is 0 Å². The molecular formula is C12H24N4O2. The molecule has 6 heteroatoms. The lowest BCUT2D eigenvalue weighted by atomic mass is 9.87. The van der Waals surface area contributed by atoms with E-state index in [1.165, 1.54) is 0 Å². The lowest BCUT2D eigenvalue weighted by Crippen LogP contribution is -2.52. The van der Waals surface area contributed by atoms with Gasteiger partial charge in [0.2, 0.25) is 5.91 Å². The van der Waals surface area contributed by atoms with E-state index in [4.69, 9.17) is 5.73 Å². The number of carbonyl (C=O) groups excluding carboxylic acids is 1. The largest absolute Gasteiger partial charge is 0.392 e. The number of rotatable bonds is 4. The fourth-order valence-electron chi connectivity index (χ4n) is 3.27. The van der Waals surface area contributed by atoms with Crippen LogP contribution in [0.1, 0.15) is 33.1 Å². The molecule has 6 nitrogen and oxygen atoms in total. The highest BCUT2D eigenvalue weighted by Crippen LogP contribution is 2.23. The van der Waals surface area contributed by atoms with Crippen LogP contribution in [-0.2, 0) is 4.79 Å². The second kappa shape index (κ2) is 5.52. The third-order valence-electron chi connectivity index (χ3n) is 4.27. The molecule has 0 spiro atoms. The summed E-state index contributed by atoms with van der Waals surface area (Å²) < 4.78 is 0. The molecule has 18 heavy (non-hydrogen) atoms. The zero-order valence-corrected chi connectivity index (χ0v) is 11.0. The summed E-state index contributed by atoms with van der Waals surface area (Å²) in [6, 6.07) is 0.0728. The molecule has 0 radical (unpaired) electrons. The fourth-order valence-corrected chi connectivity index (χ4v) is 3.27. The van der Waals surface area contributed by atoms with Crippen LogP contribution in [0.15, 0.2) is 0 Å². The summed E-state index contributed by atoms with van der Waals surface area (Å²) in [5.74, 6) is -0.243. The number of carbonyl (C=O) groups is 1. The van der Waals surface area contributed by atoms with E-state index in [1.54, 1.807) is 0 Å². The number of hydrogen-bond donors (Lipinski definition) is 5. The van der Waals surface area contributed by atoms with Crippen molar-refractivity contribution in [3.05, 3.63) is 0 Å². The maximum atomic E-state index is 11.4. The van der Waals surface area contributed by atoms with Crippen molar-refractivity contribution in [3.8, 4) is 0 Å². The van der Waals surface area contributed by atoms with E-state index in [-0.39, 0.29) is 42.1 Å². The zero-order valence-electron chi connectivity index (χ0n) is 11.0. The van der Waals surface area contributed by atoms with E-state index in [0.29, 0.717) is 0 Å². The van der Waals surface area contributed by atoms with Gasteiger partial charge >= 0.3 is 0 Å². The average Bonchev–Trinajstić information content (AvgIpc) is 2.86. The minimum absolute atomic E-state index is 0.0929. The number of hydrogen-bond acceptors (Lipinski definition) is 5. The van der Waals surface area contributed by atoms with E-state index >= 15 is 0 Å². The Morgan fingerprint density at radius 1 is 1.44 bits per heavy atom. The Bertz CT molecular complexity index is 312. The molecule has 1 amide bonds. The van der Waals surface area contributed by atoms with Gasteiger partial charge in [-0.1, -0.05) is 0 Å². The van der Waals surface area contributed by atoms with E-state index < -0.39 is 0 Å². The van der Waals surface area contributed by atoms with Gasteiger partial charge in [0.25, 0.3) is 0 Å². The molecule has 0 aromatic carbocycles. The predicted molar refractivity (Wildman–Crippen MR) is 68.4 cm³/mol. The molecule has 2 rings (SSSR count). The Balaban J connectivity index is 1.97. The molecule has 104 valence electrons. The molecule has 0 aromatic rings. The molecule has 0 aromatic heterocycles. The maximum Gasteiger partial charge on any atom is 0.236 e. The molecular weight excluding hydrogens is 232 g/mol. The van der Waals surface area contributed by atoms with Crippen molar-refractivity contribution < 1.29 is 9.90 Å². The first-order chi connectivity index (χ1) is 8.50. The summed E-state index contributed by atoms with van der Waals surface area (Å²) >= 11 is 0. The molecule has 1 aliphatic carbocycles. The summed E-state index contributed by atoms with van der Waals surface area (Å²) in [7, 11) is 0. The molecule has 6 N–H and O–H groups in total. The molecule has 2 aliphatic rings. The zero-order chi connectivity index (χ0) is 13.3. The molecule has 1 aliphatic heterocycles. The van der Waals surface area contributed by atoms with Crippen molar-refractivity contribution in [2.75, 3.05) is 0 Å². The maximum absolute atomic E-state index is 11.4. The first-order valence-electron chi connectivity index (χ1n) is 6.75. The van der Waals surface area contributed by atoms with Crippen LogP contribution in [0, 0.1) is 5.92 Å². The van der Waals surface area contributed by atoms with Gasteiger partial charge in [-0.3, -0.25) is 10.2 Å². The number of nitrogens with one attached hydrogen (secondary N) is 3. The molecule has 0 bridgehead atoms. The lowest BCUT2D eigenvalue weighted by molar-refractivity contribution is -0.120. The van der Waals surface area contributed by atoms with E-state index in [1.807, 2.05) is 6.92 Å². The Kier molecular flexibility index (Phi) is 4.21. The van der Waals surface area contributed by atoms with Crippen LogP contribution >= 0.6 is 0 Å². The number of amides is 1. The Hall–Kier alpha value is -0.690. The van der Waals surface area contributed by atoms with Crippen molar-refractivity contribution in [2.45, 2.75) is 63.4 Å². The van der Waals surface area contributed by atoms with Gasteiger partial charge < -0.3 is 16.2 Å². The highest BCUT2D eigenvalue weighted by Gasteiger charge is 2.41. The molecule has 6 atom stereocenters. The fraction of sp³-hybridized carbons (Fsp3) is 0.917. The number of aliphatic hydroxyl groups is 1. The summed E-state index contributed by atoms with van der Waals surface area (Å²) in [5.41, 5.74) is 11.4. The topological polar surface area (TPSA) is 99.4 Å². The number of nitrogens with two attached hydrogens (primary N) is 1. The molecule has 1 saturated carbocycles. The van der Waals surface area contributed by atoms with Crippen molar-refractivity contribution in [2.24, 2.45) is 11.7 Å². The average molecular weight is 256 g/mol. The van der Waals surface area contributed by atoms with Gasteiger partial charge in [0.1, 0.15) is 6.04 Å². The quantitative estimate of drug-likeness (QED) is 0.437. The first-order valence-corrected chi connectivity index (χ1v) is 6.75. The van der Waals surface area contributed by atoms with Crippen LogP contribution in [0.25, 0.3) is 0 Å². The highest BCUT2D eigenvalue weighted by atomic mass is 16.3. The van der Waals surface area contributed by atoms with Crippen LogP contribution < -0.4 is 21.9 Å². The summed E-state index contributed by atoms with van der Waals surface area (Å²) in [6.45, 7) is 4.08. The minimum Gasteiger partial charge on any atom is -0.392 e. The van der Waals surface area contributed by atoms with Gasteiger partial charge in [-0.25, -0.2) is 5.43 Å². The van der Waals surface area contributed by atoms with Crippen LogP contribution in [0.5, 0.6) is 0 Å². The van der Waals surface area contributed by atoms with Gasteiger partial charge in [0.05, 0.1) is 6.10 Å². The van der Waals surface area contributed by atoms with Gasteiger partial charge in [-0.15, -0.1) is 0 Å². The van der Waals surface area contributed by atoms with Gasteiger partial charge in [-0.2, -0.15) is 0 Å². The van der Waals surface area contributed by atoms with Gasteiger partial charge in [0, 0.05) is 24.0 Å². The third kappa shape index (κ3) is 2.66. The Morgan fingerprint density at radius 3 is 2.72 bits per heavy atom. The third-order valence-corrected chi connectivity index (χ3v) is 4.27. The van der Waals surface area contributed by atoms with E-state index in [0.717, 1.165) is 19.3 Å². The number of hydrazine groups is 1. The smallest absolute Gasteiger partial charge is 0.236 e. The molecule has 1 saturated heterocycles. The van der Waals surface area contributed by atoms with Gasteiger partial charge in [-0.05, 0) is 33.1 Å². The summed E-state index contributed by atoms with van der Waals surface area (Å²) in [4.78, 5) is 11.4. The van der Waals surface area contributed by atoms with Crippen LogP contribution in [0.4, 0.5) is 0 Å². The molecule has 4 unspecified atom stereocenters. The first kappa shape index (κ1) is 13.7. The Labute approximate surface area is 108 Å². The minimum atomic E-state index is -0.360. The molecule has 2 fully saturated rings. The standard InChI is InChI=1S/C12H24N4O2/c1-6(14-8-4-3-5-9(8)17)10-7(2)15-16-11(10)12(13)18/h6-11,14-17H,3-5H2,1-2H3,(H2,13,18)/t6?,7?,8-,9-,10?,11?/m1/s1. The summed E-state index contributed by atoms with van der Waals surface area (Å²) in [5, 5.41) is 13.3. The highest BCUT2D eigenvalue weighted by molar-refractivity contribution is 5.80. The van der Waals surface area contributed by atoms with Crippen molar-refractivity contribution >= 4 is 5.91 Å². The summed E-state index contributed by atoms with van der Waals surface area (Å²) in [6.07, 6.45) is 2.65. The van der Waals surface area contributed by atoms with Crippen molar-refractivity contribution in [3.63, 3.8) is 0 Å². The monoisotopic (exact) mass is 256 g/mol.